The van der Waals surface area contributed by atoms with E-state index >= 15 is 0 Å². The van der Waals surface area contributed by atoms with E-state index in [9.17, 15) is 19.5 Å². The van der Waals surface area contributed by atoms with E-state index in [0.717, 1.165) is 32.1 Å². The Bertz CT molecular complexity index is 404. The Morgan fingerprint density at radius 3 is 1.64 bits per heavy atom. The summed E-state index contributed by atoms with van der Waals surface area (Å²) in [6.45, 7) is 2.13. The summed E-state index contributed by atoms with van der Waals surface area (Å²) in [6, 6.07) is 0. The van der Waals surface area contributed by atoms with Crippen LogP contribution in [0.5, 0.6) is 0 Å². The zero-order valence-electron chi connectivity index (χ0n) is 13.7. The van der Waals surface area contributed by atoms with Gasteiger partial charge in [0.2, 0.25) is 0 Å². The van der Waals surface area contributed by atoms with Crippen LogP contribution in [-0.2, 0) is 14.4 Å². The summed E-state index contributed by atoms with van der Waals surface area (Å²) in [5.41, 5.74) is -2.78. The summed E-state index contributed by atoms with van der Waals surface area (Å²) in [5, 5.41) is 37.0. The zero-order valence-corrected chi connectivity index (χ0v) is 13.7. The van der Waals surface area contributed by atoms with Gasteiger partial charge in [-0.3, -0.25) is 9.59 Å². The molecule has 2 atom stereocenters. The van der Waals surface area contributed by atoms with E-state index in [-0.39, 0.29) is 65.5 Å². The number of unbranched alkanes of at least 4 members (excludes halogenated alkanes) is 7. The molecule has 0 saturated carbocycles. The number of hydrogen-bond acceptors (Lipinski definition) is 4. The molecule has 138 valence electrons. The zero-order chi connectivity index (χ0) is 17.9. The summed E-state index contributed by atoms with van der Waals surface area (Å²) >= 11 is 0. The maximum atomic E-state index is 11.3. The molecule has 0 rings (SSSR count). The van der Waals surface area contributed by atoms with Gasteiger partial charge in [0, 0.05) is 0 Å². The molecule has 0 heterocycles. The van der Waals surface area contributed by atoms with Crippen molar-refractivity contribution in [3.8, 4) is 0 Å². The van der Waals surface area contributed by atoms with Crippen molar-refractivity contribution in [3.05, 3.63) is 0 Å². The number of carboxylic acid groups (broad SMARTS) is 3. The van der Waals surface area contributed by atoms with Crippen molar-refractivity contribution in [2.45, 2.75) is 76.7 Å². The molecule has 0 spiro atoms. The molecule has 7 nitrogen and oxygen atoms in total. The molecule has 25 heavy (non-hydrogen) atoms. The van der Waals surface area contributed by atoms with Crippen LogP contribution in [0.15, 0.2) is 0 Å². The number of rotatable bonds is 14. The summed E-state index contributed by atoms with van der Waals surface area (Å²) in [6.07, 6.45) is 6.60. The van der Waals surface area contributed by atoms with Crippen molar-refractivity contribution < 1.29 is 34.8 Å². The topological polar surface area (TPSA) is 132 Å². The van der Waals surface area contributed by atoms with Crippen LogP contribution in [-0.4, -0.2) is 103 Å². The van der Waals surface area contributed by atoms with Gasteiger partial charge in [0.25, 0.3) is 0 Å². The first-order chi connectivity index (χ1) is 10.8. The first-order valence-corrected chi connectivity index (χ1v) is 8.16. The van der Waals surface area contributed by atoms with Gasteiger partial charge >= 0.3 is 77.0 Å². The van der Waals surface area contributed by atoms with Gasteiger partial charge in [-0.05, 0) is 6.42 Å². The number of carbonyl (C=O) groups is 3. The van der Waals surface area contributed by atoms with Crippen LogP contribution in [0.25, 0.3) is 0 Å². The Hall–Kier alpha value is 0.370. The number of aliphatic carboxylic acids is 3. The van der Waals surface area contributed by atoms with Gasteiger partial charge in [-0.1, -0.05) is 58.3 Å². The summed E-state index contributed by atoms with van der Waals surface area (Å²) < 4.78 is 0. The quantitative estimate of drug-likeness (QED) is 0.263. The Kier molecular flexibility index (Phi) is 19.9. The average Bonchev–Trinajstić information content (AvgIpc) is 2.44. The monoisotopic (exact) mass is 380 g/mol. The van der Waals surface area contributed by atoms with Gasteiger partial charge < -0.3 is 20.4 Å². The molecule has 4 N–H and O–H groups in total. The fraction of sp³-hybridized carbons (Fsp3) is 0.812. The predicted octanol–water partition coefficient (Wildman–Crippen LogP) is 1.21. The SMILES string of the molecule is CCCCCCCCCCC(C(=O)O)C(O)(CC(=O)O)C(=O)O.[NaH].[NaH]. The van der Waals surface area contributed by atoms with E-state index in [2.05, 4.69) is 6.92 Å². The van der Waals surface area contributed by atoms with E-state index in [1.807, 2.05) is 0 Å². The molecule has 0 aliphatic heterocycles. The van der Waals surface area contributed by atoms with Crippen molar-refractivity contribution in [2.24, 2.45) is 5.92 Å². The second-order valence-corrected chi connectivity index (χ2v) is 5.95. The van der Waals surface area contributed by atoms with Gasteiger partial charge in [0.05, 0.1) is 12.3 Å². The van der Waals surface area contributed by atoms with Gasteiger partial charge in [-0.25, -0.2) is 4.79 Å². The molecule has 2 unspecified atom stereocenters. The fourth-order valence-corrected chi connectivity index (χ4v) is 2.63. The summed E-state index contributed by atoms with van der Waals surface area (Å²) in [5.74, 6) is -6.47. The summed E-state index contributed by atoms with van der Waals surface area (Å²) in [7, 11) is 0. The predicted molar refractivity (Wildman–Crippen MR) is 97.5 cm³/mol. The average molecular weight is 380 g/mol. The van der Waals surface area contributed by atoms with E-state index in [1.54, 1.807) is 0 Å². The van der Waals surface area contributed by atoms with Crippen LogP contribution in [0.4, 0.5) is 0 Å². The third kappa shape index (κ3) is 12.4. The molecule has 0 aromatic heterocycles. The Morgan fingerprint density at radius 2 is 1.28 bits per heavy atom. The Balaban J connectivity index is -0.00000242. The van der Waals surface area contributed by atoms with Crippen LogP contribution >= 0.6 is 0 Å². The molecular formula is C16H30Na2O7. The van der Waals surface area contributed by atoms with Crippen molar-refractivity contribution in [1.82, 2.24) is 0 Å². The normalized spacial score (nSPS) is 13.7. The van der Waals surface area contributed by atoms with Gasteiger partial charge in [-0.15, -0.1) is 0 Å². The first-order valence-electron chi connectivity index (χ1n) is 8.16. The van der Waals surface area contributed by atoms with E-state index in [4.69, 9.17) is 15.3 Å². The standard InChI is InChI=1S/C16H28O7.2Na.2H/c1-2-3-4-5-6-7-8-9-10-12(14(19)20)16(23,15(21)22)11-13(17)18;;;;/h12,23H,2-11H2,1H3,(H,17,18)(H,19,20)(H,21,22);;;;. The second kappa shape index (κ2) is 16.5. The van der Waals surface area contributed by atoms with Crippen LogP contribution in [0.3, 0.4) is 0 Å². The Labute approximate surface area is 193 Å². The van der Waals surface area contributed by atoms with Crippen molar-refractivity contribution in [2.75, 3.05) is 0 Å². The van der Waals surface area contributed by atoms with Crippen LogP contribution in [0, 0.1) is 5.92 Å². The molecule has 0 radical (unpaired) electrons. The van der Waals surface area contributed by atoms with E-state index < -0.39 is 35.8 Å². The minimum absolute atomic E-state index is 0. The summed E-state index contributed by atoms with van der Waals surface area (Å²) in [4.78, 5) is 33.1. The van der Waals surface area contributed by atoms with Crippen molar-refractivity contribution in [1.29, 1.82) is 0 Å². The second-order valence-electron chi connectivity index (χ2n) is 5.95. The van der Waals surface area contributed by atoms with Crippen LogP contribution in [0.1, 0.15) is 71.1 Å². The van der Waals surface area contributed by atoms with Crippen LogP contribution < -0.4 is 0 Å². The third-order valence-electron chi connectivity index (χ3n) is 4.01. The van der Waals surface area contributed by atoms with E-state index in [0.29, 0.717) is 6.42 Å². The van der Waals surface area contributed by atoms with Crippen molar-refractivity contribution in [3.63, 3.8) is 0 Å². The molecular weight excluding hydrogens is 350 g/mol. The van der Waals surface area contributed by atoms with Gasteiger partial charge in [0.15, 0.2) is 5.60 Å². The minimum atomic E-state index is -2.78. The number of aliphatic hydroxyl groups is 1. The van der Waals surface area contributed by atoms with Crippen LogP contribution in [0.2, 0.25) is 0 Å². The molecule has 0 aliphatic rings. The molecule has 0 fully saturated rings. The third-order valence-corrected chi connectivity index (χ3v) is 4.01. The maximum absolute atomic E-state index is 11.3. The molecule has 9 heteroatoms. The first kappa shape index (κ1) is 30.1. The Morgan fingerprint density at radius 1 is 0.840 bits per heavy atom. The van der Waals surface area contributed by atoms with Crippen molar-refractivity contribution >= 4 is 77.0 Å². The molecule has 0 aromatic rings. The fourth-order valence-electron chi connectivity index (χ4n) is 2.63. The molecule has 0 bridgehead atoms. The molecule has 0 aliphatic carbocycles. The molecule has 0 amide bonds. The van der Waals surface area contributed by atoms with Gasteiger partial charge in [0.1, 0.15) is 0 Å². The van der Waals surface area contributed by atoms with Gasteiger partial charge in [-0.2, -0.15) is 0 Å². The molecule has 0 aromatic carbocycles. The number of hydrogen-bond donors (Lipinski definition) is 4. The molecule has 0 saturated heterocycles. The number of carboxylic acids is 3. The van der Waals surface area contributed by atoms with E-state index in [1.165, 1.54) is 12.8 Å².